The van der Waals surface area contributed by atoms with Crippen LogP contribution in [0, 0.1) is 0 Å². The predicted molar refractivity (Wildman–Crippen MR) is 102 cm³/mol. The second-order valence-electron chi connectivity index (χ2n) is 6.37. The maximum atomic E-state index is 13.3. The van der Waals surface area contributed by atoms with E-state index in [9.17, 15) is 23.1 Å². The summed E-state index contributed by atoms with van der Waals surface area (Å²) in [5.74, 6) is -0.958. The molecule has 27 heavy (non-hydrogen) atoms. The van der Waals surface area contributed by atoms with E-state index in [0.29, 0.717) is 18.5 Å². The highest BCUT2D eigenvalue weighted by atomic mass is 79.9. The third-order valence-corrected chi connectivity index (χ3v) is 6.64. The maximum Gasteiger partial charge on any atom is 0.417 e. The van der Waals surface area contributed by atoms with Crippen LogP contribution in [-0.2, 0) is 11.0 Å². The SMILES string of the molecule is O=C(O)C1CCCCN1C(c1ccc(Cl)c(C(F)(F)F)c1)c1ccc(Br)s1. The van der Waals surface area contributed by atoms with Crippen LogP contribution >= 0.6 is 38.9 Å². The van der Waals surface area contributed by atoms with Gasteiger partial charge in [0.15, 0.2) is 0 Å². The topological polar surface area (TPSA) is 40.5 Å². The van der Waals surface area contributed by atoms with Crippen LogP contribution in [0.3, 0.4) is 0 Å². The van der Waals surface area contributed by atoms with E-state index < -0.39 is 29.8 Å². The quantitative estimate of drug-likeness (QED) is 0.563. The smallest absolute Gasteiger partial charge is 0.417 e. The van der Waals surface area contributed by atoms with E-state index in [1.54, 1.807) is 11.0 Å². The number of likely N-dealkylation sites (tertiary alicyclic amines) is 1. The molecule has 9 heteroatoms. The molecule has 3 nitrogen and oxygen atoms in total. The van der Waals surface area contributed by atoms with E-state index in [-0.39, 0.29) is 5.02 Å². The number of hydrogen-bond donors (Lipinski definition) is 1. The van der Waals surface area contributed by atoms with Crippen LogP contribution in [0.4, 0.5) is 13.2 Å². The molecular weight excluding hydrogens is 467 g/mol. The number of nitrogens with zero attached hydrogens (tertiary/aromatic N) is 1. The van der Waals surface area contributed by atoms with Gasteiger partial charge in [0, 0.05) is 4.88 Å². The maximum absolute atomic E-state index is 13.3. The van der Waals surface area contributed by atoms with Crippen molar-refractivity contribution >= 4 is 44.8 Å². The highest BCUT2D eigenvalue weighted by Gasteiger charge is 2.38. The number of rotatable bonds is 4. The van der Waals surface area contributed by atoms with Gasteiger partial charge in [-0.3, -0.25) is 9.69 Å². The van der Waals surface area contributed by atoms with Gasteiger partial charge in [0.05, 0.1) is 20.4 Å². The lowest BCUT2D eigenvalue weighted by molar-refractivity contribution is -0.145. The van der Waals surface area contributed by atoms with Crippen molar-refractivity contribution < 1.29 is 23.1 Å². The molecule has 1 aliphatic rings. The number of alkyl halides is 3. The molecule has 0 bridgehead atoms. The fraction of sp³-hybridized carbons (Fsp3) is 0.389. The molecule has 1 N–H and O–H groups in total. The lowest BCUT2D eigenvalue weighted by Crippen LogP contribution is -2.46. The van der Waals surface area contributed by atoms with E-state index in [0.717, 1.165) is 27.6 Å². The molecule has 0 radical (unpaired) electrons. The first-order chi connectivity index (χ1) is 12.7. The molecule has 2 heterocycles. The van der Waals surface area contributed by atoms with Gasteiger partial charge in [0.2, 0.25) is 0 Å². The minimum Gasteiger partial charge on any atom is -0.480 e. The molecule has 0 aliphatic carbocycles. The van der Waals surface area contributed by atoms with E-state index in [1.807, 2.05) is 12.1 Å². The Morgan fingerprint density at radius 2 is 2.04 bits per heavy atom. The number of piperidine rings is 1. The van der Waals surface area contributed by atoms with E-state index >= 15 is 0 Å². The Labute approximate surface area is 171 Å². The number of carbonyl (C=O) groups is 1. The Morgan fingerprint density at radius 3 is 2.63 bits per heavy atom. The number of thiophene rings is 1. The fourth-order valence-electron chi connectivity index (χ4n) is 3.45. The second kappa shape index (κ2) is 8.11. The monoisotopic (exact) mass is 481 g/mol. The molecule has 2 aromatic rings. The molecule has 1 aromatic carbocycles. The lowest BCUT2D eigenvalue weighted by atomic mass is 9.94. The molecule has 2 atom stereocenters. The summed E-state index contributed by atoms with van der Waals surface area (Å²) in [6, 6.07) is 6.12. The summed E-state index contributed by atoms with van der Waals surface area (Å²) >= 11 is 10.5. The van der Waals surface area contributed by atoms with Crippen LogP contribution in [0.5, 0.6) is 0 Å². The number of benzene rings is 1. The van der Waals surface area contributed by atoms with Gasteiger partial charge in [-0.1, -0.05) is 24.1 Å². The summed E-state index contributed by atoms with van der Waals surface area (Å²) in [6.45, 7) is 0.501. The summed E-state index contributed by atoms with van der Waals surface area (Å²) in [5, 5.41) is 9.27. The van der Waals surface area contributed by atoms with Gasteiger partial charge in [-0.2, -0.15) is 13.2 Å². The zero-order chi connectivity index (χ0) is 19.8. The summed E-state index contributed by atoms with van der Waals surface area (Å²) < 4.78 is 40.9. The molecule has 146 valence electrons. The first-order valence-electron chi connectivity index (χ1n) is 8.29. The van der Waals surface area contributed by atoms with Gasteiger partial charge in [-0.25, -0.2) is 0 Å². The van der Waals surface area contributed by atoms with Gasteiger partial charge in [0.1, 0.15) is 6.04 Å². The Balaban J connectivity index is 2.12. The third kappa shape index (κ3) is 4.50. The van der Waals surface area contributed by atoms with Crippen LogP contribution in [0.25, 0.3) is 0 Å². The molecule has 0 spiro atoms. The van der Waals surface area contributed by atoms with Crippen LogP contribution < -0.4 is 0 Å². The third-order valence-electron chi connectivity index (χ3n) is 4.64. The predicted octanol–water partition coefficient (Wildman–Crippen LogP) is 6.21. The van der Waals surface area contributed by atoms with E-state index in [2.05, 4.69) is 15.9 Å². The van der Waals surface area contributed by atoms with E-state index in [1.165, 1.54) is 17.4 Å². The summed E-state index contributed by atoms with van der Waals surface area (Å²) in [7, 11) is 0. The molecule has 1 saturated heterocycles. The Morgan fingerprint density at radius 1 is 1.30 bits per heavy atom. The summed E-state index contributed by atoms with van der Waals surface area (Å²) in [5.41, 5.74) is -0.527. The van der Waals surface area contributed by atoms with Crippen molar-refractivity contribution in [2.75, 3.05) is 6.54 Å². The molecule has 3 rings (SSSR count). The fourth-order valence-corrected chi connectivity index (χ4v) is 5.25. The first kappa shape index (κ1) is 20.6. The highest BCUT2D eigenvalue weighted by Crippen LogP contribution is 2.42. The Hall–Kier alpha value is -1.09. The van der Waals surface area contributed by atoms with Crippen LogP contribution in [-0.4, -0.2) is 28.6 Å². The molecule has 0 saturated carbocycles. The number of halogens is 5. The average Bonchev–Trinajstić information content (AvgIpc) is 3.02. The van der Waals surface area contributed by atoms with Crippen molar-refractivity contribution in [1.82, 2.24) is 4.90 Å². The van der Waals surface area contributed by atoms with Crippen molar-refractivity contribution in [3.63, 3.8) is 0 Å². The van der Waals surface area contributed by atoms with Gasteiger partial charge in [-0.15, -0.1) is 11.3 Å². The van der Waals surface area contributed by atoms with E-state index in [4.69, 9.17) is 11.6 Å². The van der Waals surface area contributed by atoms with Crippen LogP contribution in [0.1, 0.15) is 41.3 Å². The van der Waals surface area contributed by atoms with Crippen LogP contribution in [0.2, 0.25) is 5.02 Å². The molecular formula is C18H16BrClF3NO2S. The van der Waals surface area contributed by atoms with Crippen molar-refractivity contribution in [2.24, 2.45) is 0 Å². The highest BCUT2D eigenvalue weighted by molar-refractivity contribution is 9.11. The Kier molecular flexibility index (Phi) is 6.20. The number of hydrogen-bond acceptors (Lipinski definition) is 3. The van der Waals surface area contributed by atoms with Gasteiger partial charge in [-0.05, 0) is 65.1 Å². The van der Waals surface area contributed by atoms with Gasteiger partial charge < -0.3 is 5.11 Å². The van der Waals surface area contributed by atoms with Crippen molar-refractivity contribution in [3.8, 4) is 0 Å². The standard InChI is InChI=1S/C18H16BrClF3NO2S/c19-15-7-6-14(27-15)16(24-8-2-1-3-13(24)17(25)26)10-4-5-12(20)11(9-10)18(21,22)23/h4-7,9,13,16H,1-3,8H2,(H,25,26). The molecule has 1 fully saturated rings. The molecule has 1 aromatic heterocycles. The molecule has 2 unspecified atom stereocenters. The van der Waals surface area contributed by atoms with Crippen molar-refractivity contribution in [1.29, 1.82) is 0 Å². The number of carboxylic acids is 1. The van der Waals surface area contributed by atoms with Crippen LogP contribution in [0.15, 0.2) is 34.1 Å². The van der Waals surface area contributed by atoms with Crippen molar-refractivity contribution in [3.05, 3.63) is 55.1 Å². The van der Waals surface area contributed by atoms with Crippen molar-refractivity contribution in [2.45, 2.75) is 37.5 Å². The van der Waals surface area contributed by atoms with Gasteiger partial charge >= 0.3 is 12.1 Å². The zero-order valence-corrected chi connectivity index (χ0v) is 17.1. The number of aliphatic carboxylic acids is 1. The molecule has 0 amide bonds. The largest absolute Gasteiger partial charge is 0.480 e. The Bertz CT molecular complexity index is 842. The normalized spacial score (nSPS) is 19.8. The lowest BCUT2D eigenvalue weighted by Gasteiger charge is -2.39. The first-order valence-corrected chi connectivity index (χ1v) is 10.3. The number of carboxylic acid groups (broad SMARTS) is 1. The summed E-state index contributed by atoms with van der Waals surface area (Å²) in [6.07, 6.45) is -2.53. The molecule has 1 aliphatic heterocycles. The zero-order valence-electron chi connectivity index (χ0n) is 14.0. The minimum atomic E-state index is -4.58. The second-order valence-corrected chi connectivity index (χ2v) is 9.27. The van der Waals surface area contributed by atoms with Gasteiger partial charge in [0.25, 0.3) is 0 Å². The average molecular weight is 483 g/mol. The minimum absolute atomic E-state index is 0.370. The summed E-state index contributed by atoms with van der Waals surface area (Å²) in [4.78, 5) is 14.3.